The number of carbonyl (C=O) groups excluding carboxylic acids is 2. The lowest BCUT2D eigenvalue weighted by Crippen LogP contribution is -2.27. The van der Waals surface area contributed by atoms with E-state index in [1.54, 1.807) is 24.3 Å². The van der Waals surface area contributed by atoms with Gasteiger partial charge in [-0.25, -0.2) is 14.4 Å². The van der Waals surface area contributed by atoms with Crippen molar-refractivity contribution in [1.82, 2.24) is 10.6 Å². The third-order valence-corrected chi connectivity index (χ3v) is 12.1. The van der Waals surface area contributed by atoms with Crippen LogP contribution in [0.15, 0.2) is 146 Å². The van der Waals surface area contributed by atoms with Crippen LogP contribution in [-0.4, -0.2) is 70.8 Å². The van der Waals surface area contributed by atoms with E-state index < -0.39 is 35.2 Å². The number of hydrogen-bond acceptors (Lipinski definition) is 11. The Morgan fingerprint density at radius 3 is 1.82 bits per heavy atom. The van der Waals surface area contributed by atoms with Gasteiger partial charge in [0.1, 0.15) is 28.4 Å². The number of phenols is 1. The summed E-state index contributed by atoms with van der Waals surface area (Å²) in [6, 6.07) is 32.6. The molecule has 16 nitrogen and oxygen atoms in total. The molecule has 0 saturated carbocycles. The van der Waals surface area contributed by atoms with E-state index in [1.807, 2.05) is 62.3 Å². The van der Waals surface area contributed by atoms with Crippen molar-refractivity contribution in [3.63, 3.8) is 0 Å². The second-order valence-electron chi connectivity index (χ2n) is 16.8. The lowest BCUT2D eigenvalue weighted by molar-refractivity contribution is 0.0682. The molecule has 0 atom stereocenters. The van der Waals surface area contributed by atoms with Crippen molar-refractivity contribution in [2.24, 2.45) is 4.99 Å². The number of nitrogens with zero attached hydrogens (tertiary/aromatic N) is 2. The first kappa shape index (κ1) is 46.5. The summed E-state index contributed by atoms with van der Waals surface area (Å²) in [5, 5.41) is 47.9. The Morgan fingerprint density at radius 1 is 0.577 bits per heavy atom. The molecule has 0 unspecified atom stereocenters. The summed E-state index contributed by atoms with van der Waals surface area (Å²) in [6.45, 7) is 2.21. The van der Waals surface area contributed by atoms with Crippen molar-refractivity contribution in [2.45, 2.75) is 20.0 Å². The topological polar surface area (TPSA) is 249 Å². The number of carboxylic acids is 3. The van der Waals surface area contributed by atoms with Gasteiger partial charge in [-0.05, 0) is 109 Å². The summed E-state index contributed by atoms with van der Waals surface area (Å²) in [6.07, 6.45) is 0. The Hall–Kier alpha value is -9.57. The normalized spacial score (nSPS) is 11.6. The zero-order valence-electron chi connectivity index (χ0n) is 38.2. The van der Waals surface area contributed by atoms with Gasteiger partial charge in [-0.1, -0.05) is 24.3 Å². The Balaban J connectivity index is 0.938. The van der Waals surface area contributed by atoms with Crippen molar-refractivity contribution in [2.75, 3.05) is 25.5 Å². The average Bonchev–Trinajstić information content (AvgIpc) is 3.35. The largest absolute Gasteiger partial charge is 0.508 e. The van der Waals surface area contributed by atoms with Crippen LogP contribution in [0.25, 0.3) is 66.8 Å². The summed E-state index contributed by atoms with van der Waals surface area (Å²) >= 11 is 0. The molecule has 0 bridgehead atoms. The molecule has 2 aliphatic carbocycles. The fourth-order valence-electron chi connectivity index (χ4n) is 8.64. The number of hydrogen-bond donors (Lipinski definition) is 6. The maximum absolute atomic E-state index is 13.6. The standard InChI is InChI=1S/C55H42N4O12/c1-4-56-32-11-16-37-45(23-32)70-46-24-33(59(2)3)12-17-38(46)48(37)35-14-9-30(21-41(35)54(66)67)52(63)57-26-28-5-7-29(8-6-28)51(62)58-27-43-44(61)20-19-40-49(39-18-13-34(60)25-47(39)71-50(40)43)36-15-10-31(53(64)65)22-42(36)55(68)69/h5-25,60H,4,26-27H2,1-3H3,(H,57,63)(H,58,62)(H,64,65)(H,66,67)(H,68,69)/b56-32+. The van der Waals surface area contributed by atoms with Crippen LogP contribution in [0.1, 0.15) is 69.8 Å². The fraction of sp³-hybridized carbons (Fsp3) is 0.109. The number of aromatic carboxylic acids is 3. The molecule has 16 heteroatoms. The van der Waals surface area contributed by atoms with Crippen LogP contribution < -0.4 is 26.3 Å². The molecule has 2 amide bonds. The van der Waals surface area contributed by atoms with E-state index in [-0.39, 0.29) is 69.1 Å². The predicted molar refractivity (Wildman–Crippen MR) is 265 cm³/mol. The Morgan fingerprint density at radius 2 is 1.15 bits per heavy atom. The Bertz CT molecular complexity index is 3740. The van der Waals surface area contributed by atoms with Crippen LogP contribution in [0.3, 0.4) is 0 Å². The highest BCUT2D eigenvalue weighted by atomic mass is 16.4. The number of aromatic hydroxyl groups is 1. The lowest BCUT2D eigenvalue weighted by Gasteiger charge is -2.19. The van der Waals surface area contributed by atoms with Gasteiger partial charge >= 0.3 is 17.9 Å². The SMILES string of the molecule is CC/N=c1\ccc2c(-c3ccc(C(=O)NCc4ccc(C(=O)NCc5c6oc7cc(O)ccc7c(-c7ccc(C(=O)O)cc7C(=O)O)c-6ccc5=O)cc4)cc3C(=O)O)c3ccc(N(C)C)cc3oc-2c1. The number of nitrogens with one attached hydrogen (secondary N) is 2. The highest BCUT2D eigenvalue weighted by Crippen LogP contribution is 2.44. The molecule has 0 spiro atoms. The van der Waals surface area contributed by atoms with Crippen molar-refractivity contribution in [3.05, 3.63) is 182 Å². The summed E-state index contributed by atoms with van der Waals surface area (Å²) < 4.78 is 12.5. The lowest BCUT2D eigenvalue weighted by atomic mass is 9.88. The van der Waals surface area contributed by atoms with Crippen LogP contribution in [0.2, 0.25) is 0 Å². The number of fused-ring (bicyclic) bond motifs is 4. The predicted octanol–water partition coefficient (Wildman–Crippen LogP) is 8.73. The third kappa shape index (κ3) is 9.00. The first-order valence-electron chi connectivity index (χ1n) is 22.1. The second kappa shape index (κ2) is 18.8. The number of benzene rings is 7. The molecule has 71 heavy (non-hydrogen) atoms. The number of carboxylic acid groups (broad SMARTS) is 3. The first-order chi connectivity index (χ1) is 34.1. The molecule has 2 heterocycles. The van der Waals surface area contributed by atoms with E-state index in [2.05, 4.69) is 15.6 Å². The number of anilines is 1. The van der Waals surface area contributed by atoms with E-state index >= 15 is 0 Å². The number of carbonyl (C=O) groups is 5. The summed E-state index contributed by atoms with van der Waals surface area (Å²) in [4.78, 5) is 84.0. The van der Waals surface area contributed by atoms with Crippen molar-refractivity contribution < 1.29 is 53.2 Å². The van der Waals surface area contributed by atoms with Crippen molar-refractivity contribution in [1.29, 1.82) is 0 Å². The third-order valence-electron chi connectivity index (χ3n) is 12.1. The first-order valence-corrected chi connectivity index (χ1v) is 22.1. The minimum atomic E-state index is -1.40. The van der Waals surface area contributed by atoms with Crippen LogP contribution in [0, 0.1) is 0 Å². The summed E-state index contributed by atoms with van der Waals surface area (Å²) in [7, 11) is 3.82. The van der Waals surface area contributed by atoms with Crippen LogP contribution >= 0.6 is 0 Å². The summed E-state index contributed by atoms with van der Waals surface area (Å²) in [5.74, 6) is -4.69. The minimum Gasteiger partial charge on any atom is -0.508 e. The van der Waals surface area contributed by atoms with E-state index in [0.29, 0.717) is 67.4 Å². The maximum Gasteiger partial charge on any atom is 0.336 e. The van der Waals surface area contributed by atoms with Gasteiger partial charge in [-0.2, -0.15) is 0 Å². The van der Waals surface area contributed by atoms with Gasteiger partial charge in [-0.3, -0.25) is 19.4 Å². The Labute approximate surface area is 403 Å². The van der Waals surface area contributed by atoms with Gasteiger partial charge in [0.05, 0.1) is 34.2 Å². The van der Waals surface area contributed by atoms with Crippen LogP contribution in [0.5, 0.6) is 5.75 Å². The maximum atomic E-state index is 13.6. The van der Waals surface area contributed by atoms with Gasteiger partial charge in [-0.15, -0.1) is 0 Å². The average molecular weight is 951 g/mol. The van der Waals surface area contributed by atoms with Gasteiger partial charge in [0.15, 0.2) is 5.43 Å². The number of rotatable bonds is 13. The zero-order valence-corrected chi connectivity index (χ0v) is 38.2. The highest BCUT2D eigenvalue weighted by Gasteiger charge is 2.27. The molecule has 0 saturated heterocycles. The molecule has 2 aliphatic heterocycles. The smallest absolute Gasteiger partial charge is 0.336 e. The molecular formula is C55H42N4O12. The molecule has 0 radical (unpaired) electrons. The minimum absolute atomic E-state index is 0.00929. The highest BCUT2D eigenvalue weighted by molar-refractivity contribution is 6.11. The quantitative estimate of drug-likeness (QED) is 0.0593. The molecule has 4 aliphatic rings. The van der Waals surface area contributed by atoms with E-state index in [4.69, 9.17) is 8.83 Å². The van der Waals surface area contributed by atoms with E-state index in [9.17, 15) is 49.2 Å². The molecule has 0 aromatic heterocycles. The van der Waals surface area contributed by atoms with Crippen molar-refractivity contribution in [3.8, 4) is 50.7 Å². The van der Waals surface area contributed by atoms with Crippen molar-refractivity contribution >= 4 is 57.3 Å². The second-order valence-corrected chi connectivity index (χ2v) is 16.8. The molecule has 0 fully saturated rings. The number of phenolic OH excluding ortho intramolecular Hbond substituents is 1. The van der Waals surface area contributed by atoms with Gasteiger partial charge < -0.3 is 44.8 Å². The molecular weight excluding hydrogens is 909 g/mol. The molecule has 9 rings (SSSR count). The monoisotopic (exact) mass is 950 g/mol. The Kier molecular flexibility index (Phi) is 12.4. The van der Waals surface area contributed by atoms with Gasteiger partial charge in [0, 0.05) is 95.2 Å². The van der Waals surface area contributed by atoms with Crippen LogP contribution in [0.4, 0.5) is 5.69 Å². The van der Waals surface area contributed by atoms with Crippen LogP contribution in [-0.2, 0) is 13.1 Å². The summed E-state index contributed by atoms with van der Waals surface area (Å²) in [5.41, 5.74) is 3.76. The number of amides is 2. The molecule has 6 N–H and O–H groups in total. The fourth-order valence-corrected chi connectivity index (χ4v) is 8.64. The molecule has 354 valence electrons. The van der Waals surface area contributed by atoms with Gasteiger partial charge in [0.2, 0.25) is 0 Å². The van der Waals surface area contributed by atoms with E-state index in [0.717, 1.165) is 11.8 Å². The molecule has 5 aromatic carbocycles. The van der Waals surface area contributed by atoms with Gasteiger partial charge in [0.25, 0.3) is 11.8 Å². The molecule has 5 aromatic rings. The zero-order chi connectivity index (χ0) is 50.2. The van der Waals surface area contributed by atoms with E-state index in [1.165, 1.54) is 60.7 Å².